The smallest absolute Gasteiger partial charge is 0.249 e. The minimum absolute atomic E-state index is 0.0191. The summed E-state index contributed by atoms with van der Waals surface area (Å²) in [6.07, 6.45) is 0. The summed E-state index contributed by atoms with van der Waals surface area (Å²) in [6, 6.07) is 11.1. The van der Waals surface area contributed by atoms with Crippen LogP contribution in [0.2, 0.25) is 0 Å². The minimum atomic E-state index is -0.494. The van der Waals surface area contributed by atoms with Gasteiger partial charge < -0.3 is 10.2 Å². The summed E-state index contributed by atoms with van der Waals surface area (Å²) in [5.74, 6) is 0.733. The molecule has 130 valence electrons. The van der Waals surface area contributed by atoms with Gasteiger partial charge in [0.2, 0.25) is 5.91 Å². The van der Waals surface area contributed by atoms with Crippen molar-refractivity contribution in [1.29, 1.82) is 0 Å². The molecule has 0 unspecified atom stereocenters. The van der Waals surface area contributed by atoms with Crippen LogP contribution < -0.4 is 5.32 Å². The molecule has 1 N–H and O–H groups in total. The van der Waals surface area contributed by atoms with Gasteiger partial charge in [0.05, 0.1) is 5.69 Å². The predicted octanol–water partition coefficient (Wildman–Crippen LogP) is 2.90. The summed E-state index contributed by atoms with van der Waals surface area (Å²) in [6.45, 7) is 5.91. The van der Waals surface area contributed by atoms with Crippen molar-refractivity contribution in [2.45, 2.75) is 26.8 Å². The van der Waals surface area contributed by atoms with Gasteiger partial charge in [-0.15, -0.1) is 0 Å². The monoisotopic (exact) mass is 337 g/mol. The molecule has 25 heavy (non-hydrogen) atoms. The maximum Gasteiger partial charge on any atom is 0.249 e. The highest BCUT2D eigenvalue weighted by atomic mass is 16.2. The molecular weight excluding hydrogens is 314 g/mol. The molecule has 6 heteroatoms. The van der Waals surface area contributed by atoms with E-state index in [1.54, 1.807) is 23.5 Å². The van der Waals surface area contributed by atoms with Crippen LogP contribution in [0, 0.1) is 20.8 Å². The highest BCUT2D eigenvalue weighted by Crippen LogP contribution is 2.24. The normalized spacial score (nSPS) is 12.2. The van der Waals surface area contributed by atoms with Crippen LogP contribution in [0.4, 0.5) is 5.82 Å². The van der Waals surface area contributed by atoms with Crippen LogP contribution in [-0.2, 0) is 4.79 Å². The van der Waals surface area contributed by atoms with Gasteiger partial charge in [-0.3, -0.25) is 4.79 Å². The maximum absolute atomic E-state index is 12.8. The Morgan fingerprint density at radius 2 is 1.84 bits per heavy atom. The summed E-state index contributed by atoms with van der Waals surface area (Å²) < 4.78 is 1.77. The van der Waals surface area contributed by atoms with Crippen molar-refractivity contribution in [3.8, 4) is 0 Å². The Bertz CT molecular complexity index is 914. The molecule has 0 aliphatic carbocycles. The van der Waals surface area contributed by atoms with Crippen molar-refractivity contribution in [3.05, 3.63) is 58.9 Å². The number of hydrogen-bond acceptors (Lipinski definition) is 4. The summed E-state index contributed by atoms with van der Waals surface area (Å²) in [5.41, 5.74) is 4.56. The lowest BCUT2D eigenvalue weighted by Crippen LogP contribution is -2.33. The number of fused-ring (bicyclic) bond motifs is 1. The molecular formula is C19H23N5O. The van der Waals surface area contributed by atoms with E-state index >= 15 is 0 Å². The highest BCUT2D eigenvalue weighted by molar-refractivity contribution is 5.85. The number of amides is 1. The first-order chi connectivity index (χ1) is 11.9. The molecule has 0 spiro atoms. The SMILES string of the molecule is Cc1cc(N[C@H](C(=O)N(C)C)c2ccccc2)n2nc(C)c(C)c2n1. The van der Waals surface area contributed by atoms with E-state index in [-0.39, 0.29) is 5.91 Å². The number of carbonyl (C=O) groups excluding carboxylic acids is 1. The fourth-order valence-electron chi connectivity index (χ4n) is 2.79. The second-order valence-electron chi connectivity index (χ2n) is 6.45. The van der Waals surface area contributed by atoms with E-state index in [0.29, 0.717) is 0 Å². The number of aryl methyl sites for hydroxylation is 3. The molecule has 2 aromatic heterocycles. The first-order valence-corrected chi connectivity index (χ1v) is 8.24. The van der Waals surface area contributed by atoms with E-state index in [1.165, 1.54) is 0 Å². The molecule has 0 aliphatic heterocycles. The molecule has 1 amide bonds. The Hall–Kier alpha value is -2.89. The lowest BCUT2D eigenvalue weighted by atomic mass is 10.1. The molecule has 0 aliphatic rings. The molecule has 0 bridgehead atoms. The topological polar surface area (TPSA) is 62.5 Å². The van der Waals surface area contributed by atoms with Gasteiger partial charge in [0.1, 0.15) is 11.9 Å². The largest absolute Gasteiger partial charge is 0.355 e. The Morgan fingerprint density at radius 3 is 2.48 bits per heavy atom. The summed E-state index contributed by atoms with van der Waals surface area (Å²) in [7, 11) is 3.52. The highest BCUT2D eigenvalue weighted by Gasteiger charge is 2.23. The average molecular weight is 337 g/mol. The number of anilines is 1. The van der Waals surface area contributed by atoms with E-state index in [1.807, 2.05) is 57.2 Å². The third-order valence-electron chi connectivity index (χ3n) is 4.30. The van der Waals surface area contributed by atoms with Gasteiger partial charge in [-0.2, -0.15) is 9.61 Å². The average Bonchev–Trinajstić information content (AvgIpc) is 2.88. The van der Waals surface area contributed by atoms with Gasteiger partial charge in [0, 0.05) is 31.4 Å². The zero-order valence-corrected chi connectivity index (χ0v) is 15.2. The summed E-state index contributed by atoms with van der Waals surface area (Å²) in [4.78, 5) is 18.9. The van der Waals surface area contributed by atoms with Crippen LogP contribution in [0.15, 0.2) is 36.4 Å². The van der Waals surface area contributed by atoms with Gasteiger partial charge >= 0.3 is 0 Å². The number of rotatable bonds is 4. The van der Waals surface area contributed by atoms with E-state index < -0.39 is 6.04 Å². The van der Waals surface area contributed by atoms with Gasteiger partial charge in [-0.1, -0.05) is 30.3 Å². The molecule has 0 saturated carbocycles. The predicted molar refractivity (Wildman–Crippen MR) is 98.7 cm³/mol. The first-order valence-electron chi connectivity index (χ1n) is 8.24. The van der Waals surface area contributed by atoms with Crippen molar-refractivity contribution in [3.63, 3.8) is 0 Å². The van der Waals surface area contributed by atoms with Crippen LogP contribution in [0.25, 0.3) is 5.65 Å². The molecule has 0 radical (unpaired) electrons. The van der Waals surface area contributed by atoms with E-state index in [9.17, 15) is 4.79 Å². The molecule has 2 heterocycles. The fourth-order valence-corrected chi connectivity index (χ4v) is 2.79. The molecule has 0 fully saturated rings. The molecule has 3 aromatic rings. The lowest BCUT2D eigenvalue weighted by Gasteiger charge is -2.23. The van der Waals surface area contributed by atoms with Crippen molar-refractivity contribution in [2.24, 2.45) is 0 Å². The van der Waals surface area contributed by atoms with Gasteiger partial charge in [0.25, 0.3) is 0 Å². The number of carbonyl (C=O) groups is 1. The molecule has 1 atom stereocenters. The van der Waals surface area contributed by atoms with Crippen LogP contribution in [0.5, 0.6) is 0 Å². The van der Waals surface area contributed by atoms with Crippen LogP contribution >= 0.6 is 0 Å². The van der Waals surface area contributed by atoms with Crippen molar-refractivity contribution in [1.82, 2.24) is 19.5 Å². The second kappa shape index (κ2) is 6.55. The van der Waals surface area contributed by atoms with Gasteiger partial charge in [0.15, 0.2) is 5.65 Å². The van der Waals surface area contributed by atoms with E-state index in [4.69, 9.17) is 0 Å². The molecule has 1 aromatic carbocycles. The molecule has 0 saturated heterocycles. The van der Waals surface area contributed by atoms with Crippen LogP contribution in [0.1, 0.15) is 28.6 Å². The van der Waals surface area contributed by atoms with Gasteiger partial charge in [-0.25, -0.2) is 4.98 Å². The van der Waals surface area contributed by atoms with Crippen molar-refractivity contribution < 1.29 is 4.79 Å². The lowest BCUT2D eigenvalue weighted by molar-refractivity contribution is -0.129. The maximum atomic E-state index is 12.8. The Morgan fingerprint density at radius 1 is 1.16 bits per heavy atom. The van der Waals surface area contributed by atoms with Gasteiger partial charge in [-0.05, 0) is 26.3 Å². The fraction of sp³-hybridized carbons (Fsp3) is 0.316. The Kier molecular flexibility index (Phi) is 4.44. The number of aromatic nitrogens is 3. The summed E-state index contributed by atoms with van der Waals surface area (Å²) >= 11 is 0. The Balaban J connectivity index is 2.10. The Labute approximate surface area is 147 Å². The zero-order chi connectivity index (χ0) is 18.1. The molecule has 3 rings (SSSR count). The van der Waals surface area contributed by atoms with E-state index in [0.717, 1.165) is 34.0 Å². The number of nitrogens with one attached hydrogen (secondary N) is 1. The van der Waals surface area contributed by atoms with E-state index in [2.05, 4.69) is 15.4 Å². The summed E-state index contributed by atoms with van der Waals surface area (Å²) in [5, 5.41) is 7.94. The number of likely N-dealkylation sites (N-methyl/N-ethyl adjacent to an activating group) is 1. The molecule has 6 nitrogen and oxygen atoms in total. The first kappa shape index (κ1) is 17.0. The standard InChI is InChI=1S/C19H23N5O/c1-12-11-16(24-18(20-12)13(2)14(3)22-24)21-17(19(25)23(4)5)15-9-7-6-8-10-15/h6-11,17,21H,1-5H3/t17-/m0/s1. The second-order valence-corrected chi connectivity index (χ2v) is 6.45. The zero-order valence-electron chi connectivity index (χ0n) is 15.2. The van der Waals surface area contributed by atoms with Crippen molar-refractivity contribution in [2.75, 3.05) is 19.4 Å². The van der Waals surface area contributed by atoms with Crippen LogP contribution in [-0.4, -0.2) is 39.5 Å². The quantitative estimate of drug-likeness (QED) is 0.795. The number of hydrogen-bond donors (Lipinski definition) is 1. The number of nitrogens with zero attached hydrogens (tertiary/aromatic N) is 4. The minimum Gasteiger partial charge on any atom is -0.355 e. The third kappa shape index (κ3) is 3.20. The van der Waals surface area contributed by atoms with Crippen LogP contribution in [0.3, 0.4) is 0 Å². The number of benzene rings is 1. The third-order valence-corrected chi connectivity index (χ3v) is 4.30. The van der Waals surface area contributed by atoms with Crippen molar-refractivity contribution >= 4 is 17.4 Å².